The minimum atomic E-state index is -4.55. The van der Waals surface area contributed by atoms with E-state index >= 15 is 0 Å². The maximum atomic E-state index is 13.3. The molecular weight excluding hydrogens is 285 g/mol. The van der Waals surface area contributed by atoms with Crippen LogP contribution in [-0.2, 0) is 17.8 Å². The molecule has 0 aromatic carbocycles. The first-order chi connectivity index (χ1) is 9.76. The number of alkyl halides is 3. The third-order valence-corrected chi connectivity index (χ3v) is 3.78. The first-order valence-electron chi connectivity index (χ1n) is 6.94. The lowest BCUT2D eigenvalue weighted by molar-refractivity contribution is -0.214. The fourth-order valence-electron chi connectivity index (χ4n) is 2.57. The maximum Gasteiger partial charge on any atom is 0.402 e. The van der Waals surface area contributed by atoms with Crippen LogP contribution in [-0.4, -0.2) is 39.8 Å². The van der Waals surface area contributed by atoms with Gasteiger partial charge in [-0.2, -0.15) is 18.3 Å². The van der Waals surface area contributed by atoms with Gasteiger partial charge in [0.15, 0.2) is 5.78 Å². The van der Waals surface area contributed by atoms with Gasteiger partial charge in [-0.1, -0.05) is 13.8 Å². The number of aromatic nitrogens is 3. The van der Waals surface area contributed by atoms with Crippen molar-refractivity contribution in [1.82, 2.24) is 20.1 Å². The van der Waals surface area contributed by atoms with Crippen molar-refractivity contribution in [2.75, 3.05) is 13.1 Å². The van der Waals surface area contributed by atoms with Crippen LogP contribution in [0.2, 0.25) is 0 Å². The van der Waals surface area contributed by atoms with E-state index in [0.717, 1.165) is 0 Å². The number of nitrogens with one attached hydrogen (secondary N) is 1. The second kappa shape index (κ2) is 5.75. The lowest BCUT2D eigenvalue weighted by Crippen LogP contribution is -2.47. The van der Waals surface area contributed by atoms with Gasteiger partial charge in [0, 0.05) is 13.1 Å². The van der Waals surface area contributed by atoms with Gasteiger partial charge in [-0.25, -0.2) is 9.67 Å². The molecule has 0 radical (unpaired) electrons. The van der Waals surface area contributed by atoms with Crippen molar-refractivity contribution < 1.29 is 18.0 Å². The molecule has 1 aliphatic heterocycles. The van der Waals surface area contributed by atoms with E-state index in [1.807, 2.05) is 13.8 Å². The number of halogens is 3. The molecule has 0 aliphatic carbocycles. The molecule has 1 saturated heterocycles. The predicted molar refractivity (Wildman–Crippen MR) is 69.5 cm³/mol. The van der Waals surface area contributed by atoms with E-state index in [1.165, 1.54) is 11.0 Å². The van der Waals surface area contributed by atoms with E-state index in [4.69, 9.17) is 0 Å². The molecule has 2 heterocycles. The number of Topliss-reactive ketones (excluding diaryl/α,β-unsaturated/α-hetero) is 1. The van der Waals surface area contributed by atoms with Crippen molar-refractivity contribution in [3.63, 3.8) is 0 Å². The predicted octanol–water partition coefficient (Wildman–Crippen LogP) is 1.59. The monoisotopic (exact) mass is 304 g/mol. The zero-order valence-corrected chi connectivity index (χ0v) is 12.1. The van der Waals surface area contributed by atoms with Crippen LogP contribution in [0.5, 0.6) is 0 Å². The molecule has 1 aromatic rings. The van der Waals surface area contributed by atoms with Crippen LogP contribution in [0.4, 0.5) is 13.2 Å². The molecule has 0 bridgehead atoms. The molecule has 2 rings (SSSR count). The van der Waals surface area contributed by atoms with Gasteiger partial charge in [-0.3, -0.25) is 4.79 Å². The second-order valence-corrected chi connectivity index (χ2v) is 5.86. The van der Waals surface area contributed by atoms with Crippen molar-refractivity contribution in [2.24, 2.45) is 11.3 Å². The van der Waals surface area contributed by atoms with Gasteiger partial charge in [0.2, 0.25) is 0 Å². The fourth-order valence-corrected chi connectivity index (χ4v) is 2.57. The number of hydrogen-bond donors (Lipinski definition) is 1. The summed E-state index contributed by atoms with van der Waals surface area (Å²) in [6, 6.07) is 0. The number of rotatable bonds is 5. The zero-order valence-electron chi connectivity index (χ0n) is 12.1. The summed E-state index contributed by atoms with van der Waals surface area (Å²) in [7, 11) is 0. The largest absolute Gasteiger partial charge is 0.402 e. The molecule has 1 N–H and O–H groups in total. The summed E-state index contributed by atoms with van der Waals surface area (Å²) in [5.41, 5.74) is -2.29. The minimum Gasteiger partial charge on any atom is -0.315 e. The molecule has 1 fully saturated rings. The van der Waals surface area contributed by atoms with Crippen LogP contribution in [0, 0.1) is 11.3 Å². The Morgan fingerprint density at radius 1 is 1.52 bits per heavy atom. The summed E-state index contributed by atoms with van der Waals surface area (Å²) < 4.78 is 41.4. The van der Waals surface area contributed by atoms with Crippen molar-refractivity contribution >= 4 is 5.78 Å². The Hall–Kier alpha value is -1.44. The third-order valence-electron chi connectivity index (χ3n) is 3.78. The van der Waals surface area contributed by atoms with Crippen molar-refractivity contribution in [2.45, 2.75) is 39.4 Å². The lowest BCUT2D eigenvalue weighted by Gasteiger charge is -2.29. The van der Waals surface area contributed by atoms with Crippen molar-refractivity contribution in [3.05, 3.63) is 12.2 Å². The highest BCUT2D eigenvalue weighted by Gasteiger charge is 2.60. The van der Waals surface area contributed by atoms with Gasteiger partial charge >= 0.3 is 6.18 Å². The molecule has 0 spiro atoms. The lowest BCUT2D eigenvalue weighted by atomic mass is 9.80. The second-order valence-electron chi connectivity index (χ2n) is 5.86. The van der Waals surface area contributed by atoms with Gasteiger partial charge in [-0.05, 0) is 18.9 Å². The number of carbonyl (C=O) groups excluding carboxylic acids is 1. The van der Waals surface area contributed by atoms with Crippen LogP contribution in [0.15, 0.2) is 6.33 Å². The molecule has 8 heteroatoms. The SMILES string of the molecule is CC(C)Cn1ncnc1CC(=O)C1(C(F)(F)F)CCNC1. The van der Waals surface area contributed by atoms with E-state index in [2.05, 4.69) is 15.4 Å². The van der Waals surface area contributed by atoms with Crippen LogP contribution in [0.1, 0.15) is 26.1 Å². The van der Waals surface area contributed by atoms with Crippen molar-refractivity contribution in [3.8, 4) is 0 Å². The number of hydrogen-bond acceptors (Lipinski definition) is 4. The topological polar surface area (TPSA) is 59.8 Å². The Morgan fingerprint density at radius 3 is 2.76 bits per heavy atom. The van der Waals surface area contributed by atoms with Gasteiger partial charge in [0.05, 0.1) is 6.42 Å². The van der Waals surface area contributed by atoms with Crippen LogP contribution >= 0.6 is 0 Å². The maximum absolute atomic E-state index is 13.3. The zero-order chi connectivity index (χ0) is 15.7. The van der Waals surface area contributed by atoms with Gasteiger partial charge in [0.25, 0.3) is 0 Å². The Labute approximate surface area is 120 Å². The molecule has 1 atom stereocenters. The molecule has 5 nitrogen and oxygen atoms in total. The highest BCUT2D eigenvalue weighted by molar-refractivity contribution is 5.87. The molecule has 0 saturated carbocycles. The quantitative estimate of drug-likeness (QED) is 0.897. The first-order valence-corrected chi connectivity index (χ1v) is 6.94. The van der Waals surface area contributed by atoms with Crippen LogP contribution in [0.3, 0.4) is 0 Å². The smallest absolute Gasteiger partial charge is 0.315 e. The normalized spacial score (nSPS) is 23.0. The average molecular weight is 304 g/mol. The summed E-state index contributed by atoms with van der Waals surface area (Å²) in [6.07, 6.45) is -3.82. The van der Waals surface area contributed by atoms with Crippen LogP contribution < -0.4 is 5.32 Å². The summed E-state index contributed by atoms with van der Waals surface area (Å²) in [6.45, 7) is 4.30. The Balaban J connectivity index is 2.19. The van der Waals surface area contributed by atoms with E-state index in [1.54, 1.807) is 0 Å². The number of ketones is 1. The Kier molecular flexibility index (Phi) is 4.36. The Bertz CT molecular complexity index is 504. The highest BCUT2D eigenvalue weighted by Crippen LogP contribution is 2.44. The van der Waals surface area contributed by atoms with Gasteiger partial charge in [0.1, 0.15) is 17.6 Å². The molecule has 21 heavy (non-hydrogen) atoms. The van der Waals surface area contributed by atoms with E-state index in [-0.39, 0.29) is 31.8 Å². The van der Waals surface area contributed by atoms with E-state index < -0.39 is 17.4 Å². The Morgan fingerprint density at radius 2 is 2.24 bits per heavy atom. The summed E-state index contributed by atoms with van der Waals surface area (Å²) in [4.78, 5) is 16.2. The average Bonchev–Trinajstić information content (AvgIpc) is 2.97. The van der Waals surface area contributed by atoms with E-state index in [0.29, 0.717) is 12.4 Å². The molecule has 1 unspecified atom stereocenters. The number of nitrogens with zero attached hydrogens (tertiary/aromatic N) is 3. The minimum absolute atomic E-state index is 0.198. The fraction of sp³-hybridized carbons (Fsp3) is 0.769. The number of carbonyl (C=O) groups is 1. The summed E-state index contributed by atoms with van der Waals surface area (Å²) in [5, 5.41) is 6.62. The van der Waals surface area contributed by atoms with E-state index in [9.17, 15) is 18.0 Å². The van der Waals surface area contributed by atoms with Gasteiger partial charge < -0.3 is 5.32 Å². The first kappa shape index (κ1) is 15.9. The molecule has 1 aromatic heterocycles. The highest BCUT2D eigenvalue weighted by atomic mass is 19.4. The summed E-state index contributed by atoms with van der Waals surface area (Å²) >= 11 is 0. The third kappa shape index (κ3) is 3.09. The van der Waals surface area contributed by atoms with Crippen molar-refractivity contribution in [1.29, 1.82) is 0 Å². The van der Waals surface area contributed by atoms with Gasteiger partial charge in [-0.15, -0.1) is 0 Å². The molecule has 1 aliphatic rings. The molecule has 118 valence electrons. The molecular formula is C13H19F3N4O. The standard InChI is InChI=1S/C13H19F3N4O/c1-9(2)6-20-11(18-8-19-20)5-10(21)12(13(14,15)16)3-4-17-7-12/h8-9,17H,3-7H2,1-2H3. The summed E-state index contributed by atoms with van der Waals surface area (Å²) in [5.74, 6) is -0.271. The molecule has 0 amide bonds. The van der Waals surface area contributed by atoms with Crippen LogP contribution in [0.25, 0.3) is 0 Å².